The van der Waals surface area contributed by atoms with Gasteiger partial charge in [-0.1, -0.05) is 31.5 Å². The van der Waals surface area contributed by atoms with Crippen molar-refractivity contribution in [1.29, 1.82) is 0 Å². The van der Waals surface area contributed by atoms with Crippen LogP contribution >= 0.6 is 11.6 Å². The van der Waals surface area contributed by atoms with Crippen LogP contribution in [0, 0.1) is 12.8 Å². The summed E-state index contributed by atoms with van der Waals surface area (Å²) < 4.78 is 1.89. The van der Waals surface area contributed by atoms with Crippen molar-refractivity contribution < 1.29 is 9.59 Å². The van der Waals surface area contributed by atoms with Gasteiger partial charge in [0.15, 0.2) is 11.5 Å². The Morgan fingerprint density at radius 2 is 2.04 bits per heavy atom. The quantitative estimate of drug-likeness (QED) is 0.817. The zero-order chi connectivity index (χ0) is 19.6. The smallest absolute Gasteiger partial charge is 0.287 e. The maximum absolute atomic E-state index is 12.9. The lowest BCUT2D eigenvalue weighted by Crippen LogP contribution is -2.30. The van der Waals surface area contributed by atoms with Gasteiger partial charge in [-0.15, -0.1) is 0 Å². The van der Waals surface area contributed by atoms with E-state index in [0.717, 1.165) is 30.5 Å². The van der Waals surface area contributed by atoms with E-state index in [-0.39, 0.29) is 11.8 Å². The number of amides is 2. The minimum Gasteiger partial charge on any atom is -0.349 e. The van der Waals surface area contributed by atoms with Crippen LogP contribution in [0.2, 0.25) is 5.02 Å². The van der Waals surface area contributed by atoms with Gasteiger partial charge in [-0.25, -0.2) is 4.98 Å². The van der Waals surface area contributed by atoms with Gasteiger partial charge in [0, 0.05) is 23.8 Å². The number of halogens is 1. The van der Waals surface area contributed by atoms with E-state index in [1.54, 1.807) is 12.1 Å². The lowest BCUT2D eigenvalue weighted by molar-refractivity contribution is 0.0933. The molecular formula is C20H25ClN4O2. The number of nitrogens with zero attached hydrogens (tertiary/aromatic N) is 2. The van der Waals surface area contributed by atoms with Crippen LogP contribution < -0.4 is 10.6 Å². The van der Waals surface area contributed by atoms with Crippen LogP contribution in [0.15, 0.2) is 18.2 Å². The SMILES string of the molecule is Cc1ccc(Cl)cc1NC(=O)c1nc(C(=O)NCC(C)C)n2c1CCCC2. The lowest BCUT2D eigenvalue weighted by atomic mass is 10.1. The minimum atomic E-state index is -0.311. The first kappa shape index (κ1) is 19.4. The summed E-state index contributed by atoms with van der Waals surface area (Å²) in [5.41, 5.74) is 2.71. The summed E-state index contributed by atoms with van der Waals surface area (Å²) in [6.45, 7) is 7.25. The molecule has 1 aromatic heterocycles. The van der Waals surface area contributed by atoms with Gasteiger partial charge in [0.25, 0.3) is 11.8 Å². The van der Waals surface area contributed by atoms with Crippen molar-refractivity contribution >= 4 is 29.1 Å². The third-order valence-corrected chi connectivity index (χ3v) is 4.89. The fourth-order valence-corrected chi connectivity index (χ4v) is 3.36. The number of anilines is 1. The van der Waals surface area contributed by atoms with Gasteiger partial charge in [0.05, 0.1) is 5.69 Å². The summed E-state index contributed by atoms with van der Waals surface area (Å²) in [4.78, 5) is 29.9. The molecule has 1 aromatic carbocycles. The Balaban J connectivity index is 1.89. The third kappa shape index (κ3) is 4.33. The van der Waals surface area contributed by atoms with Crippen LogP contribution in [0.5, 0.6) is 0 Å². The summed E-state index contributed by atoms with van der Waals surface area (Å²) >= 11 is 6.04. The van der Waals surface area contributed by atoms with E-state index in [0.29, 0.717) is 41.2 Å². The monoisotopic (exact) mass is 388 g/mol. The number of benzene rings is 1. The molecule has 0 fully saturated rings. The first-order valence-electron chi connectivity index (χ1n) is 9.32. The zero-order valence-electron chi connectivity index (χ0n) is 15.9. The van der Waals surface area contributed by atoms with Crippen molar-refractivity contribution in [3.8, 4) is 0 Å². The Kier molecular flexibility index (Phi) is 5.85. The largest absolute Gasteiger partial charge is 0.349 e. The van der Waals surface area contributed by atoms with Crippen molar-refractivity contribution in [3.05, 3.63) is 46.0 Å². The van der Waals surface area contributed by atoms with Crippen LogP contribution in [-0.2, 0) is 13.0 Å². The Labute approximate surface area is 164 Å². The molecule has 0 unspecified atom stereocenters. The Bertz CT molecular complexity index is 873. The fraction of sp³-hybridized carbons (Fsp3) is 0.450. The molecular weight excluding hydrogens is 364 g/mol. The summed E-state index contributed by atoms with van der Waals surface area (Å²) in [7, 11) is 0. The van der Waals surface area contributed by atoms with Crippen molar-refractivity contribution in [3.63, 3.8) is 0 Å². The topological polar surface area (TPSA) is 76.0 Å². The lowest BCUT2D eigenvalue weighted by Gasteiger charge is -2.17. The number of aryl methyl sites for hydroxylation is 1. The normalized spacial score (nSPS) is 13.4. The van der Waals surface area contributed by atoms with Crippen LogP contribution in [-0.4, -0.2) is 27.9 Å². The van der Waals surface area contributed by atoms with Crippen molar-refractivity contribution in [2.75, 3.05) is 11.9 Å². The summed E-state index contributed by atoms with van der Waals surface area (Å²) in [5.74, 6) is 0.121. The molecule has 0 saturated heterocycles. The molecule has 2 N–H and O–H groups in total. The molecule has 3 rings (SSSR count). The molecule has 144 valence electrons. The number of carbonyl (C=O) groups excluding carboxylic acids is 2. The second kappa shape index (κ2) is 8.13. The molecule has 0 aliphatic carbocycles. The Morgan fingerprint density at radius 1 is 1.26 bits per heavy atom. The second-order valence-electron chi connectivity index (χ2n) is 7.36. The molecule has 1 aliphatic heterocycles. The number of aromatic nitrogens is 2. The maximum Gasteiger partial charge on any atom is 0.287 e. The maximum atomic E-state index is 12.9. The highest BCUT2D eigenvalue weighted by atomic mass is 35.5. The highest BCUT2D eigenvalue weighted by Crippen LogP contribution is 2.24. The highest BCUT2D eigenvalue weighted by molar-refractivity contribution is 6.31. The van der Waals surface area contributed by atoms with E-state index >= 15 is 0 Å². The van der Waals surface area contributed by atoms with Crippen LogP contribution in [0.1, 0.15) is 59.1 Å². The predicted molar refractivity (Wildman–Crippen MR) is 106 cm³/mol. The number of hydrogen-bond acceptors (Lipinski definition) is 3. The van der Waals surface area contributed by atoms with E-state index in [9.17, 15) is 9.59 Å². The average molecular weight is 389 g/mol. The van der Waals surface area contributed by atoms with E-state index < -0.39 is 0 Å². The average Bonchev–Trinajstić information content (AvgIpc) is 3.02. The van der Waals surface area contributed by atoms with Gasteiger partial charge < -0.3 is 15.2 Å². The number of nitrogens with one attached hydrogen (secondary N) is 2. The van der Waals surface area contributed by atoms with E-state index in [2.05, 4.69) is 15.6 Å². The van der Waals surface area contributed by atoms with Gasteiger partial charge in [-0.05, 0) is 49.8 Å². The van der Waals surface area contributed by atoms with Crippen molar-refractivity contribution in [1.82, 2.24) is 14.9 Å². The summed E-state index contributed by atoms with van der Waals surface area (Å²) in [6.07, 6.45) is 2.69. The van der Waals surface area contributed by atoms with Crippen LogP contribution in [0.25, 0.3) is 0 Å². The minimum absolute atomic E-state index is 0.232. The number of fused-ring (bicyclic) bond motifs is 1. The highest BCUT2D eigenvalue weighted by Gasteiger charge is 2.27. The molecule has 0 spiro atoms. The first-order valence-corrected chi connectivity index (χ1v) is 9.69. The Morgan fingerprint density at radius 3 is 2.78 bits per heavy atom. The molecule has 2 aromatic rings. The first-order chi connectivity index (χ1) is 12.9. The van der Waals surface area contributed by atoms with Crippen molar-refractivity contribution in [2.45, 2.75) is 46.6 Å². The fourth-order valence-electron chi connectivity index (χ4n) is 3.18. The molecule has 0 atom stereocenters. The van der Waals surface area contributed by atoms with Crippen LogP contribution in [0.3, 0.4) is 0 Å². The summed E-state index contributed by atoms with van der Waals surface area (Å²) in [6, 6.07) is 5.35. The van der Waals surface area contributed by atoms with E-state index in [1.165, 1.54) is 0 Å². The standard InChI is InChI=1S/C20H25ClN4O2/c1-12(2)11-22-20(27)18-24-17(16-6-4-5-9-25(16)18)19(26)23-15-10-14(21)8-7-13(15)3/h7-8,10,12H,4-6,9,11H2,1-3H3,(H,22,27)(H,23,26). The molecule has 1 aliphatic rings. The second-order valence-corrected chi connectivity index (χ2v) is 7.79. The van der Waals surface area contributed by atoms with E-state index in [4.69, 9.17) is 11.6 Å². The van der Waals surface area contributed by atoms with Gasteiger partial charge in [-0.2, -0.15) is 0 Å². The molecule has 0 radical (unpaired) electrons. The predicted octanol–water partition coefficient (Wildman–Crippen LogP) is 3.82. The van der Waals surface area contributed by atoms with E-state index in [1.807, 2.05) is 31.4 Å². The summed E-state index contributed by atoms with van der Waals surface area (Å²) in [5, 5.41) is 6.34. The zero-order valence-corrected chi connectivity index (χ0v) is 16.7. The number of hydrogen-bond donors (Lipinski definition) is 2. The molecule has 0 saturated carbocycles. The molecule has 7 heteroatoms. The third-order valence-electron chi connectivity index (χ3n) is 4.65. The van der Waals surface area contributed by atoms with Gasteiger partial charge in [0.2, 0.25) is 0 Å². The molecule has 2 heterocycles. The molecule has 6 nitrogen and oxygen atoms in total. The number of carbonyl (C=O) groups is 2. The number of rotatable bonds is 5. The molecule has 0 bridgehead atoms. The van der Waals surface area contributed by atoms with Gasteiger partial charge in [0.1, 0.15) is 0 Å². The van der Waals surface area contributed by atoms with Gasteiger partial charge in [-0.3, -0.25) is 9.59 Å². The van der Waals surface area contributed by atoms with Crippen LogP contribution in [0.4, 0.5) is 5.69 Å². The molecule has 2 amide bonds. The Hall–Kier alpha value is -2.34. The van der Waals surface area contributed by atoms with Crippen molar-refractivity contribution in [2.24, 2.45) is 5.92 Å². The van der Waals surface area contributed by atoms with Gasteiger partial charge >= 0.3 is 0 Å². The molecule has 27 heavy (non-hydrogen) atoms. The number of imidazole rings is 1.